The first kappa shape index (κ1) is 16.1. The molecular weight excluding hydrogens is 324 g/mol. The van der Waals surface area contributed by atoms with Crippen LogP contribution in [0, 0.1) is 6.92 Å². The van der Waals surface area contributed by atoms with Crippen molar-refractivity contribution >= 4 is 0 Å². The molecule has 128 valence electrons. The summed E-state index contributed by atoms with van der Waals surface area (Å²) in [7, 11) is 1.67. The predicted molar refractivity (Wildman–Crippen MR) is 102 cm³/mol. The molecule has 0 saturated heterocycles. The molecule has 4 aromatic rings. The highest BCUT2D eigenvalue weighted by molar-refractivity contribution is 5.68. The number of rotatable bonds is 4. The number of hydrogen-bond donors (Lipinski definition) is 0. The third kappa shape index (κ3) is 3.09. The summed E-state index contributed by atoms with van der Waals surface area (Å²) >= 11 is 0. The molecule has 1 heterocycles. The molecule has 1 aromatic heterocycles. The lowest BCUT2D eigenvalue weighted by molar-refractivity contribution is 0.415. The van der Waals surface area contributed by atoms with Crippen LogP contribution in [0.5, 0.6) is 5.75 Å². The number of ether oxygens (including phenoxy) is 1. The summed E-state index contributed by atoms with van der Waals surface area (Å²) in [5.74, 6) is 1.90. The van der Waals surface area contributed by atoms with E-state index in [2.05, 4.69) is 22.3 Å². The lowest BCUT2D eigenvalue weighted by Crippen LogP contribution is -1.83. The Kier molecular flexibility index (Phi) is 4.23. The van der Waals surface area contributed by atoms with Crippen molar-refractivity contribution in [2.24, 2.45) is 0 Å². The first-order chi connectivity index (χ1) is 12.7. The molecule has 0 atom stereocenters. The summed E-state index contributed by atoms with van der Waals surface area (Å²) in [6.07, 6.45) is 0. The number of methoxy groups -OCH3 is 1. The Hall–Kier alpha value is -3.40. The lowest BCUT2D eigenvalue weighted by atomic mass is 10.0. The van der Waals surface area contributed by atoms with Crippen molar-refractivity contribution in [2.75, 3.05) is 7.11 Å². The van der Waals surface area contributed by atoms with Crippen molar-refractivity contribution in [1.82, 2.24) is 10.2 Å². The van der Waals surface area contributed by atoms with E-state index in [1.54, 1.807) is 7.11 Å². The molecule has 0 spiro atoms. The maximum atomic E-state index is 5.87. The summed E-state index contributed by atoms with van der Waals surface area (Å²) in [6.45, 7) is 2.03. The van der Waals surface area contributed by atoms with E-state index in [4.69, 9.17) is 9.15 Å². The Bertz CT molecular complexity index is 1020. The summed E-state index contributed by atoms with van der Waals surface area (Å²) in [5, 5.41) is 8.39. The first-order valence-corrected chi connectivity index (χ1v) is 8.39. The van der Waals surface area contributed by atoms with Crippen LogP contribution >= 0.6 is 0 Å². The van der Waals surface area contributed by atoms with Crippen LogP contribution in [0.4, 0.5) is 0 Å². The fourth-order valence-electron chi connectivity index (χ4n) is 2.85. The van der Waals surface area contributed by atoms with Crippen LogP contribution in [0.1, 0.15) is 5.56 Å². The van der Waals surface area contributed by atoms with E-state index < -0.39 is 0 Å². The minimum Gasteiger partial charge on any atom is -0.497 e. The van der Waals surface area contributed by atoms with Gasteiger partial charge in [0.25, 0.3) is 0 Å². The molecule has 3 aromatic carbocycles. The minimum atomic E-state index is 0.518. The van der Waals surface area contributed by atoms with E-state index in [0.717, 1.165) is 33.6 Å². The van der Waals surface area contributed by atoms with Crippen LogP contribution < -0.4 is 4.74 Å². The van der Waals surface area contributed by atoms with Gasteiger partial charge in [0, 0.05) is 11.1 Å². The van der Waals surface area contributed by atoms with Crippen molar-refractivity contribution < 1.29 is 9.15 Å². The fourth-order valence-corrected chi connectivity index (χ4v) is 2.85. The average Bonchev–Trinajstić information content (AvgIpc) is 3.18. The highest BCUT2D eigenvalue weighted by Crippen LogP contribution is 2.28. The van der Waals surface area contributed by atoms with Gasteiger partial charge in [0.15, 0.2) is 0 Å². The van der Waals surface area contributed by atoms with E-state index >= 15 is 0 Å². The van der Waals surface area contributed by atoms with Gasteiger partial charge in [0.2, 0.25) is 11.8 Å². The van der Waals surface area contributed by atoms with Crippen molar-refractivity contribution in [1.29, 1.82) is 0 Å². The van der Waals surface area contributed by atoms with Crippen molar-refractivity contribution in [3.05, 3.63) is 78.4 Å². The van der Waals surface area contributed by atoms with Gasteiger partial charge in [-0.15, -0.1) is 10.2 Å². The van der Waals surface area contributed by atoms with Gasteiger partial charge in [0.05, 0.1) is 7.11 Å². The van der Waals surface area contributed by atoms with Gasteiger partial charge in [-0.1, -0.05) is 42.5 Å². The first-order valence-electron chi connectivity index (χ1n) is 8.39. The second kappa shape index (κ2) is 6.84. The molecular formula is C22H18N2O2. The molecule has 0 fully saturated rings. The van der Waals surface area contributed by atoms with Crippen LogP contribution in [0.15, 0.2) is 77.2 Å². The van der Waals surface area contributed by atoms with Crippen LogP contribution in [-0.4, -0.2) is 17.3 Å². The second-order valence-electron chi connectivity index (χ2n) is 6.03. The Balaban J connectivity index is 1.60. The zero-order valence-electron chi connectivity index (χ0n) is 14.6. The maximum Gasteiger partial charge on any atom is 0.248 e. The van der Waals surface area contributed by atoms with Gasteiger partial charge in [0.1, 0.15) is 5.75 Å². The van der Waals surface area contributed by atoms with Gasteiger partial charge < -0.3 is 9.15 Å². The zero-order valence-corrected chi connectivity index (χ0v) is 14.6. The Labute approximate surface area is 152 Å². The zero-order chi connectivity index (χ0) is 17.9. The maximum absolute atomic E-state index is 5.87. The van der Waals surface area contributed by atoms with Gasteiger partial charge in [-0.3, -0.25) is 0 Å². The van der Waals surface area contributed by atoms with Crippen LogP contribution in [0.25, 0.3) is 34.0 Å². The second-order valence-corrected chi connectivity index (χ2v) is 6.03. The largest absolute Gasteiger partial charge is 0.497 e. The van der Waals surface area contributed by atoms with E-state index in [1.165, 1.54) is 0 Å². The van der Waals surface area contributed by atoms with E-state index in [9.17, 15) is 0 Å². The molecule has 0 amide bonds. The smallest absolute Gasteiger partial charge is 0.248 e. The van der Waals surface area contributed by atoms with Crippen molar-refractivity contribution in [3.8, 4) is 39.8 Å². The normalized spacial score (nSPS) is 10.7. The Morgan fingerprint density at radius 1 is 0.692 bits per heavy atom. The Morgan fingerprint density at radius 3 is 1.92 bits per heavy atom. The molecule has 0 aliphatic heterocycles. The summed E-state index contributed by atoms with van der Waals surface area (Å²) in [4.78, 5) is 0. The van der Waals surface area contributed by atoms with Gasteiger partial charge in [-0.2, -0.15) is 0 Å². The van der Waals surface area contributed by atoms with E-state index in [0.29, 0.717) is 11.8 Å². The fraction of sp³-hybridized carbons (Fsp3) is 0.0909. The van der Waals surface area contributed by atoms with Crippen molar-refractivity contribution in [3.63, 3.8) is 0 Å². The molecule has 4 rings (SSSR count). The quantitative estimate of drug-likeness (QED) is 0.499. The minimum absolute atomic E-state index is 0.518. The van der Waals surface area contributed by atoms with Crippen LogP contribution in [-0.2, 0) is 0 Å². The molecule has 0 aliphatic rings. The molecule has 0 radical (unpaired) electrons. The molecule has 0 unspecified atom stereocenters. The third-order valence-electron chi connectivity index (χ3n) is 4.36. The van der Waals surface area contributed by atoms with Crippen LogP contribution in [0.3, 0.4) is 0 Å². The third-order valence-corrected chi connectivity index (χ3v) is 4.36. The number of aromatic nitrogens is 2. The van der Waals surface area contributed by atoms with Crippen molar-refractivity contribution in [2.45, 2.75) is 6.92 Å². The van der Waals surface area contributed by atoms with Gasteiger partial charge in [-0.25, -0.2) is 0 Å². The summed E-state index contributed by atoms with van der Waals surface area (Å²) in [6, 6.07) is 24.1. The molecule has 26 heavy (non-hydrogen) atoms. The standard InChI is InChI=1S/C22H18N2O2/c1-15-5-3-4-6-20(15)22-24-23-21(26-22)18-9-7-16(8-10-18)17-11-13-19(25-2)14-12-17/h3-14H,1-2H3. The van der Waals surface area contributed by atoms with Gasteiger partial charge >= 0.3 is 0 Å². The topological polar surface area (TPSA) is 48.2 Å². The predicted octanol–water partition coefficient (Wildman–Crippen LogP) is 5.39. The lowest BCUT2D eigenvalue weighted by Gasteiger charge is -2.04. The monoisotopic (exact) mass is 342 g/mol. The van der Waals surface area contributed by atoms with Gasteiger partial charge in [-0.05, 0) is 53.9 Å². The van der Waals surface area contributed by atoms with Crippen LogP contribution in [0.2, 0.25) is 0 Å². The highest BCUT2D eigenvalue weighted by atomic mass is 16.5. The molecule has 0 N–H and O–H groups in total. The molecule has 0 aliphatic carbocycles. The molecule has 0 saturated carbocycles. The Morgan fingerprint density at radius 2 is 1.27 bits per heavy atom. The number of benzene rings is 3. The summed E-state index contributed by atoms with van der Waals surface area (Å²) < 4.78 is 11.1. The average molecular weight is 342 g/mol. The number of aryl methyl sites for hydroxylation is 1. The SMILES string of the molecule is COc1ccc(-c2ccc(-c3nnc(-c4ccccc4C)o3)cc2)cc1. The number of nitrogens with zero attached hydrogens (tertiary/aromatic N) is 2. The number of hydrogen-bond acceptors (Lipinski definition) is 4. The van der Waals surface area contributed by atoms with E-state index in [1.807, 2.05) is 67.6 Å². The molecule has 4 heteroatoms. The highest BCUT2D eigenvalue weighted by Gasteiger charge is 2.12. The molecule has 0 bridgehead atoms. The van der Waals surface area contributed by atoms with E-state index in [-0.39, 0.29) is 0 Å². The summed E-state index contributed by atoms with van der Waals surface area (Å²) in [5.41, 5.74) is 5.21. The molecule has 4 nitrogen and oxygen atoms in total.